The van der Waals surface area contributed by atoms with Crippen molar-refractivity contribution in [3.63, 3.8) is 0 Å². The molecular weight excluding hydrogens is 396 g/mol. The van der Waals surface area contributed by atoms with Crippen LogP contribution in [-0.4, -0.2) is 40.2 Å². The largest absolute Gasteiger partial charge is 0.339 e. The molecule has 0 aliphatic carbocycles. The molecule has 0 aliphatic rings. The number of nitrogens with zero attached hydrogens (tertiary/aromatic N) is 7. The van der Waals surface area contributed by atoms with E-state index in [1.54, 1.807) is 35.5 Å². The lowest BCUT2D eigenvalue weighted by molar-refractivity contribution is -0.116. The molecule has 0 saturated heterocycles. The van der Waals surface area contributed by atoms with Gasteiger partial charge in [0, 0.05) is 49.4 Å². The lowest BCUT2D eigenvalue weighted by atomic mass is 10.2. The SMILES string of the molecule is O=C(CCc1nc(-c2cccnc2)no1)Nc1cnn(Cc2cn3ccccc3n2)c1. The van der Waals surface area contributed by atoms with Crippen molar-refractivity contribution >= 4 is 17.2 Å². The number of carbonyl (C=O) groups is 1. The van der Waals surface area contributed by atoms with Crippen LogP contribution in [0.5, 0.6) is 0 Å². The van der Waals surface area contributed by atoms with Crippen LogP contribution in [0.1, 0.15) is 18.0 Å². The minimum Gasteiger partial charge on any atom is -0.339 e. The van der Waals surface area contributed by atoms with Crippen molar-refractivity contribution in [2.75, 3.05) is 5.32 Å². The molecule has 0 aliphatic heterocycles. The first-order valence-electron chi connectivity index (χ1n) is 9.71. The van der Waals surface area contributed by atoms with Crippen LogP contribution >= 0.6 is 0 Å². The minimum atomic E-state index is -0.159. The standard InChI is InChI=1S/C21H18N8O2/c30-19(6-7-20-26-21(27-31-20)15-4-3-8-22-10-15)25-16-11-23-29(13-16)14-17-12-28-9-2-1-5-18(28)24-17/h1-5,8-13H,6-7,14H2,(H,25,30). The Balaban J connectivity index is 1.15. The second-order valence-corrected chi connectivity index (χ2v) is 6.93. The van der Waals surface area contributed by atoms with Gasteiger partial charge in [0.1, 0.15) is 5.65 Å². The molecule has 5 aromatic heterocycles. The first-order valence-corrected chi connectivity index (χ1v) is 9.71. The highest BCUT2D eigenvalue weighted by atomic mass is 16.5. The number of amides is 1. The van der Waals surface area contributed by atoms with Crippen LogP contribution in [0.2, 0.25) is 0 Å². The first kappa shape index (κ1) is 18.7. The number of hydrogen-bond donors (Lipinski definition) is 1. The van der Waals surface area contributed by atoms with E-state index in [1.807, 2.05) is 41.1 Å². The molecule has 5 rings (SSSR count). The molecule has 10 heteroatoms. The van der Waals surface area contributed by atoms with E-state index in [1.165, 1.54) is 0 Å². The number of imidazole rings is 1. The van der Waals surface area contributed by atoms with Gasteiger partial charge in [0.15, 0.2) is 0 Å². The summed E-state index contributed by atoms with van der Waals surface area (Å²) >= 11 is 0. The van der Waals surface area contributed by atoms with Crippen LogP contribution in [0.3, 0.4) is 0 Å². The maximum Gasteiger partial charge on any atom is 0.227 e. The van der Waals surface area contributed by atoms with Gasteiger partial charge in [0.25, 0.3) is 0 Å². The van der Waals surface area contributed by atoms with Gasteiger partial charge in [0.2, 0.25) is 17.6 Å². The predicted octanol–water partition coefficient (Wildman–Crippen LogP) is 2.60. The van der Waals surface area contributed by atoms with Gasteiger partial charge in [-0.1, -0.05) is 11.2 Å². The average Bonchev–Trinajstić information content (AvgIpc) is 3.52. The Labute approximate surface area is 176 Å². The van der Waals surface area contributed by atoms with Crippen LogP contribution in [-0.2, 0) is 17.8 Å². The monoisotopic (exact) mass is 414 g/mol. The number of rotatable bonds is 7. The van der Waals surface area contributed by atoms with Gasteiger partial charge in [-0.25, -0.2) is 4.98 Å². The van der Waals surface area contributed by atoms with Crippen LogP contribution in [0.25, 0.3) is 17.0 Å². The zero-order chi connectivity index (χ0) is 21.0. The molecule has 10 nitrogen and oxygen atoms in total. The number of aryl methyl sites for hydroxylation is 1. The summed E-state index contributed by atoms with van der Waals surface area (Å²) in [5.41, 5.74) is 3.15. The first-order chi connectivity index (χ1) is 15.2. The maximum atomic E-state index is 12.3. The van der Waals surface area contributed by atoms with E-state index in [4.69, 9.17) is 4.52 Å². The molecule has 5 heterocycles. The number of carbonyl (C=O) groups excluding carboxylic acids is 1. The summed E-state index contributed by atoms with van der Waals surface area (Å²) in [6, 6.07) is 9.49. The Morgan fingerprint density at radius 1 is 1.10 bits per heavy atom. The third kappa shape index (κ3) is 4.32. The maximum absolute atomic E-state index is 12.3. The molecule has 1 N–H and O–H groups in total. The normalized spacial score (nSPS) is 11.1. The number of hydrogen-bond acceptors (Lipinski definition) is 7. The van der Waals surface area contributed by atoms with Crippen molar-refractivity contribution in [3.05, 3.63) is 79.1 Å². The van der Waals surface area contributed by atoms with Gasteiger partial charge >= 0.3 is 0 Å². The van der Waals surface area contributed by atoms with Gasteiger partial charge in [-0.3, -0.25) is 14.5 Å². The molecule has 5 aromatic rings. The van der Waals surface area contributed by atoms with Gasteiger partial charge in [-0.2, -0.15) is 10.1 Å². The van der Waals surface area contributed by atoms with Crippen molar-refractivity contribution < 1.29 is 9.32 Å². The fraction of sp³-hybridized carbons (Fsp3) is 0.143. The number of anilines is 1. The Hall–Kier alpha value is -4.34. The summed E-state index contributed by atoms with van der Waals surface area (Å²) in [6.07, 6.45) is 11.2. The van der Waals surface area contributed by atoms with E-state index >= 15 is 0 Å². The summed E-state index contributed by atoms with van der Waals surface area (Å²) in [4.78, 5) is 25.2. The molecule has 1 amide bonds. The fourth-order valence-electron chi connectivity index (χ4n) is 3.16. The molecule has 0 spiro atoms. The second-order valence-electron chi connectivity index (χ2n) is 6.93. The molecule has 0 atom stereocenters. The van der Waals surface area contributed by atoms with E-state index in [0.29, 0.717) is 30.4 Å². The third-order valence-corrected chi connectivity index (χ3v) is 4.61. The Morgan fingerprint density at radius 3 is 2.94 bits per heavy atom. The zero-order valence-electron chi connectivity index (χ0n) is 16.4. The molecule has 154 valence electrons. The van der Waals surface area contributed by atoms with Gasteiger partial charge in [-0.05, 0) is 24.3 Å². The molecule has 0 bridgehead atoms. The van der Waals surface area contributed by atoms with E-state index in [9.17, 15) is 4.79 Å². The second kappa shape index (κ2) is 8.19. The van der Waals surface area contributed by atoms with Crippen molar-refractivity contribution in [1.82, 2.24) is 34.3 Å². The number of aromatic nitrogens is 7. The molecule has 0 radical (unpaired) electrons. The van der Waals surface area contributed by atoms with Crippen molar-refractivity contribution in [2.45, 2.75) is 19.4 Å². The molecule has 0 saturated carbocycles. The summed E-state index contributed by atoms with van der Waals surface area (Å²) in [5, 5.41) is 11.1. The summed E-state index contributed by atoms with van der Waals surface area (Å²) in [7, 11) is 0. The molecule has 0 unspecified atom stereocenters. The van der Waals surface area contributed by atoms with Gasteiger partial charge in [-0.15, -0.1) is 0 Å². The molecular formula is C21H18N8O2. The minimum absolute atomic E-state index is 0.159. The molecule has 0 fully saturated rings. The smallest absolute Gasteiger partial charge is 0.227 e. The average molecular weight is 414 g/mol. The fourth-order valence-corrected chi connectivity index (χ4v) is 3.16. The van der Waals surface area contributed by atoms with Crippen LogP contribution in [0, 0.1) is 0 Å². The molecule has 0 aromatic carbocycles. The number of pyridine rings is 2. The van der Waals surface area contributed by atoms with Crippen molar-refractivity contribution in [1.29, 1.82) is 0 Å². The van der Waals surface area contributed by atoms with E-state index in [-0.39, 0.29) is 12.3 Å². The van der Waals surface area contributed by atoms with E-state index < -0.39 is 0 Å². The Kier molecular flexibility index (Phi) is 4.93. The van der Waals surface area contributed by atoms with Gasteiger partial charge in [0.05, 0.1) is 24.1 Å². The highest BCUT2D eigenvalue weighted by Crippen LogP contribution is 2.15. The highest BCUT2D eigenvalue weighted by molar-refractivity contribution is 5.90. The van der Waals surface area contributed by atoms with Crippen LogP contribution < -0.4 is 5.32 Å². The zero-order valence-corrected chi connectivity index (χ0v) is 16.4. The summed E-state index contributed by atoms with van der Waals surface area (Å²) in [5.74, 6) is 0.696. The van der Waals surface area contributed by atoms with Crippen LogP contribution in [0.4, 0.5) is 5.69 Å². The lowest BCUT2D eigenvalue weighted by Gasteiger charge is -2.00. The van der Waals surface area contributed by atoms with Crippen LogP contribution in [0.15, 0.2) is 72.0 Å². The Morgan fingerprint density at radius 2 is 2.06 bits per heavy atom. The third-order valence-electron chi connectivity index (χ3n) is 4.61. The summed E-state index contributed by atoms with van der Waals surface area (Å²) in [6.45, 7) is 0.511. The van der Waals surface area contributed by atoms with Crippen molar-refractivity contribution in [3.8, 4) is 11.4 Å². The van der Waals surface area contributed by atoms with E-state index in [2.05, 4.69) is 30.5 Å². The molecule has 31 heavy (non-hydrogen) atoms. The predicted molar refractivity (Wildman–Crippen MR) is 111 cm³/mol. The topological polar surface area (TPSA) is 116 Å². The highest BCUT2D eigenvalue weighted by Gasteiger charge is 2.12. The van der Waals surface area contributed by atoms with Crippen molar-refractivity contribution in [2.24, 2.45) is 0 Å². The summed E-state index contributed by atoms with van der Waals surface area (Å²) < 4.78 is 8.91. The lowest BCUT2D eigenvalue weighted by Crippen LogP contribution is -2.12. The van der Waals surface area contributed by atoms with Gasteiger partial charge < -0.3 is 14.2 Å². The number of fused-ring (bicyclic) bond motifs is 1. The van der Waals surface area contributed by atoms with E-state index in [0.717, 1.165) is 16.9 Å². The quantitative estimate of drug-likeness (QED) is 0.435. The number of nitrogens with one attached hydrogen (secondary N) is 1. The Bertz CT molecular complexity index is 1290.